The van der Waals surface area contributed by atoms with Crippen molar-refractivity contribution in [1.29, 1.82) is 0 Å². The van der Waals surface area contributed by atoms with Crippen LogP contribution in [0.15, 0.2) is 48.7 Å². The number of pyridine rings is 1. The molecule has 1 atom stereocenters. The van der Waals surface area contributed by atoms with Gasteiger partial charge in [0.05, 0.1) is 0 Å². The smallest absolute Gasteiger partial charge is 0.253 e. The molecule has 0 radical (unpaired) electrons. The monoisotopic (exact) mass is 366 g/mol. The van der Waals surface area contributed by atoms with Gasteiger partial charge in [-0.1, -0.05) is 13.0 Å². The Morgan fingerprint density at radius 2 is 1.70 bits per heavy atom. The van der Waals surface area contributed by atoms with E-state index in [9.17, 15) is 9.59 Å². The molecule has 0 spiro atoms. The summed E-state index contributed by atoms with van der Waals surface area (Å²) < 4.78 is 0. The van der Waals surface area contributed by atoms with Crippen LogP contribution in [0.3, 0.4) is 0 Å². The Labute approximate surface area is 160 Å². The molecule has 3 rings (SSSR count). The van der Waals surface area contributed by atoms with Crippen molar-refractivity contribution in [2.24, 2.45) is 0 Å². The molecule has 6 nitrogen and oxygen atoms in total. The molecule has 1 aliphatic rings. The summed E-state index contributed by atoms with van der Waals surface area (Å²) in [6.07, 6.45) is 2.67. The third-order valence-corrected chi connectivity index (χ3v) is 4.92. The van der Waals surface area contributed by atoms with E-state index in [0.717, 1.165) is 25.3 Å². The van der Waals surface area contributed by atoms with E-state index in [0.29, 0.717) is 24.2 Å². The lowest BCUT2D eigenvalue weighted by Gasteiger charge is -2.35. The second-order valence-corrected chi connectivity index (χ2v) is 6.83. The third kappa shape index (κ3) is 4.64. The molecular formula is C21H26N4O2. The number of aromatic nitrogens is 1. The fourth-order valence-corrected chi connectivity index (χ4v) is 3.04. The van der Waals surface area contributed by atoms with Gasteiger partial charge >= 0.3 is 0 Å². The fraction of sp³-hybridized carbons (Fsp3) is 0.381. The maximum atomic E-state index is 12.7. The van der Waals surface area contributed by atoms with E-state index < -0.39 is 0 Å². The Kier molecular flexibility index (Phi) is 6.06. The van der Waals surface area contributed by atoms with Crippen LogP contribution in [0, 0.1) is 0 Å². The van der Waals surface area contributed by atoms with Gasteiger partial charge in [0.2, 0.25) is 0 Å². The van der Waals surface area contributed by atoms with Crippen molar-refractivity contribution < 1.29 is 9.59 Å². The lowest BCUT2D eigenvalue weighted by Crippen LogP contribution is -2.49. The Balaban J connectivity index is 1.58. The van der Waals surface area contributed by atoms with Crippen LogP contribution in [-0.2, 0) is 0 Å². The average molecular weight is 366 g/mol. The molecule has 1 aliphatic heterocycles. The number of nitrogens with one attached hydrogen (secondary N) is 1. The van der Waals surface area contributed by atoms with Crippen molar-refractivity contribution in [1.82, 2.24) is 15.2 Å². The maximum absolute atomic E-state index is 12.7. The van der Waals surface area contributed by atoms with Gasteiger partial charge in [0.25, 0.3) is 11.8 Å². The Hall–Kier alpha value is -2.89. The van der Waals surface area contributed by atoms with Crippen LogP contribution < -0.4 is 10.2 Å². The minimum absolute atomic E-state index is 0.00422. The first-order valence-corrected chi connectivity index (χ1v) is 9.44. The molecular weight excluding hydrogens is 340 g/mol. The summed E-state index contributed by atoms with van der Waals surface area (Å²) in [5.74, 6) is 0.846. The Morgan fingerprint density at radius 3 is 2.30 bits per heavy atom. The first-order valence-electron chi connectivity index (χ1n) is 9.44. The van der Waals surface area contributed by atoms with Crippen molar-refractivity contribution in [3.63, 3.8) is 0 Å². The van der Waals surface area contributed by atoms with Crippen LogP contribution >= 0.6 is 0 Å². The largest absolute Gasteiger partial charge is 0.353 e. The molecule has 1 aromatic carbocycles. The molecule has 1 unspecified atom stereocenters. The van der Waals surface area contributed by atoms with E-state index in [-0.39, 0.29) is 17.9 Å². The van der Waals surface area contributed by atoms with Gasteiger partial charge < -0.3 is 15.1 Å². The van der Waals surface area contributed by atoms with Crippen LogP contribution in [0.2, 0.25) is 0 Å². The number of hydrogen-bond donors (Lipinski definition) is 1. The standard InChI is InChI=1S/C21H26N4O2/c1-3-16(2)23-20(26)17-7-9-18(10-8-17)21(27)25-14-12-24(13-15-25)19-6-4-5-11-22-19/h4-11,16H,3,12-15H2,1-2H3,(H,23,26). The number of piperazine rings is 1. The molecule has 0 saturated carbocycles. The summed E-state index contributed by atoms with van der Waals surface area (Å²) in [7, 11) is 0. The zero-order chi connectivity index (χ0) is 19.2. The second kappa shape index (κ2) is 8.66. The fourth-order valence-electron chi connectivity index (χ4n) is 3.04. The number of benzene rings is 1. The third-order valence-electron chi connectivity index (χ3n) is 4.92. The van der Waals surface area contributed by atoms with Crippen molar-refractivity contribution in [2.45, 2.75) is 26.3 Å². The topological polar surface area (TPSA) is 65.5 Å². The van der Waals surface area contributed by atoms with Gasteiger partial charge in [-0.2, -0.15) is 0 Å². The SMILES string of the molecule is CCC(C)NC(=O)c1ccc(C(=O)N2CCN(c3ccccn3)CC2)cc1. The quantitative estimate of drug-likeness (QED) is 0.883. The predicted octanol–water partition coefficient (Wildman–Crippen LogP) is 2.57. The molecule has 0 aliphatic carbocycles. The number of rotatable bonds is 5. The summed E-state index contributed by atoms with van der Waals surface area (Å²) in [6, 6.07) is 12.9. The lowest BCUT2D eigenvalue weighted by atomic mass is 10.1. The predicted molar refractivity (Wildman–Crippen MR) is 106 cm³/mol. The van der Waals surface area contributed by atoms with Crippen LogP contribution in [0.4, 0.5) is 5.82 Å². The minimum Gasteiger partial charge on any atom is -0.353 e. The average Bonchev–Trinajstić information content (AvgIpc) is 2.74. The van der Waals surface area contributed by atoms with Gasteiger partial charge in [-0.25, -0.2) is 4.98 Å². The van der Waals surface area contributed by atoms with Crippen molar-refractivity contribution in [2.75, 3.05) is 31.1 Å². The molecule has 1 aromatic heterocycles. The van der Waals surface area contributed by atoms with Crippen LogP contribution in [0.1, 0.15) is 41.0 Å². The lowest BCUT2D eigenvalue weighted by molar-refractivity contribution is 0.0746. The van der Waals surface area contributed by atoms with Crippen molar-refractivity contribution in [3.8, 4) is 0 Å². The van der Waals surface area contributed by atoms with Gasteiger partial charge in [-0.3, -0.25) is 9.59 Å². The highest BCUT2D eigenvalue weighted by Gasteiger charge is 2.23. The van der Waals surface area contributed by atoms with Gasteiger partial charge in [0, 0.05) is 49.5 Å². The van der Waals surface area contributed by atoms with Crippen LogP contribution in [-0.4, -0.2) is 53.9 Å². The van der Waals surface area contributed by atoms with Crippen LogP contribution in [0.25, 0.3) is 0 Å². The van der Waals surface area contributed by atoms with E-state index in [4.69, 9.17) is 0 Å². The molecule has 1 fully saturated rings. The molecule has 2 aromatic rings. The van der Waals surface area contributed by atoms with Crippen LogP contribution in [0.5, 0.6) is 0 Å². The summed E-state index contributed by atoms with van der Waals surface area (Å²) in [6.45, 7) is 6.84. The molecule has 0 bridgehead atoms. The van der Waals surface area contributed by atoms with Gasteiger partial charge in [0.1, 0.15) is 5.82 Å². The zero-order valence-corrected chi connectivity index (χ0v) is 15.9. The van der Waals surface area contributed by atoms with Gasteiger partial charge in [-0.15, -0.1) is 0 Å². The molecule has 142 valence electrons. The van der Waals surface area contributed by atoms with E-state index in [2.05, 4.69) is 15.2 Å². The molecule has 2 heterocycles. The second-order valence-electron chi connectivity index (χ2n) is 6.83. The van der Waals surface area contributed by atoms with Crippen molar-refractivity contribution >= 4 is 17.6 Å². The number of nitrogens with zero attached hydrogens (tertiary/aromatic N) is 3. The molecule has 1 saturated heterocycles. The van der Waals surface area contributed by atoms with Gasteiger partial charge in [-0.05, 0) is 49.7 Å². The number of carbonyl (C=O) groups excluding carboxylic acids is 2. The highest BCUT2D eigenvalue weighted by Crippen LogP contribution is 2.15. The van der Waals surface area contributed by atoms with E-state index in [1.165, 1.54) is 0 Å². The highest BCUT2D eigenvalue weighted by atomic mass is 16.2. The molecule has 27 heavy (non-hydrogen) atoms. The number of carbonyl (C=O) groups is 2. The van der Waals surface area contributed by atoms with Crippen molar-refractivity contribution in [3.05, 3.63) is 59.8 Å². The van der Waals surface area contributed by atoms with E-state index in [1.807, 2.05) is 36.9 Å². The first kappa shape index (κ1) is 18.9. The Morgan fingerprint density at radius 1 is 1.04 bits per heavy atom. The number of amides is 2. The highest BCUT2D eigenvalue weighted by molar-refractivity contribution is 5.98. The molecule has 2 amide bonds. The van der Waals surface area contributed by atoms with Gasteiger partial charge in [0.15, 0.2) is 0 Å². The summed E-state index contributed by atoms with van der Waals surface area (Å²) in [4.78, 5) is 33.3. The minimum atomic E-state index is -0.104. The molecule has 6 heteroatoms. The summed E-state index contributed by atoms with van der Waals surface area (Å²) >= 11 is 0. The zero-order valence-electron chi connectivity index (χ0n) is 15.9. The number of anilines is 1. The first-order chi connectivity index (χ1) is 13.1. The number of hydrogen-bond acceptors (Lipinski definition) is 4. The van der Waals surface area contributed by atoms with E-state index in [1.54, 1.807) is 30.5 Å². The molecule has 1 N–H and O–H groups in total. The summed E-state index contributed by atoms with van der Waals surface area (Å²) in [5.41, 5.74) is 1.19. The van der Waals surface area contributed by atoms with E-state index >= 15 is 0 Å². The maximum Gasteiger partial charge on any atom is 0.253 e. The summed E-state index contributed by atoms with van der Waals surface area (Å²) in [5, 5.41) is 2.93. The Bertz CT molecular complexity index is 769. The normalized spacial score (nSPS) is 15.3.